The van der Waals surface area contributed by atoms with Gasteiger partial charge in [-0.2, -0.15) is 0 Å². The molecule has 0 fully saturated rings. The average molecular weight is 494 g/mol. The molecule has 0 radical (unpaired) electrons. The lowest BCUT2D eigenvalue weighted by molar-refractivity contribution is 0.104. The number of carbonyl (C=O) groups is 1. The molecule has 0 saturated heterocycles. The van der Waals surface area contributed by atoms with Crippen LogP contribution in [0.2, 0.25) is 0 Å². The summed E-state index contributed by atoms with van der Waals surface area (Å²) in [6.45, 7) is 0. The number of hydrogen-bond donors (Lipinski definition) is 1. The minimum Gasteiger partial charge on any atom is -0.493 e. The molecular formula is C28H28FNO6. The van der Waals surface area contributed by atoms with Crippen molar-refractivity contribution in [3.05, 3.63) is 83.3 Å². The van der Waals surface area contributed by atoms with Crippen molar-refractivity contribution in [3.63, 3.8) is 0 Å². The quantitative estimate of drug-likeness (QED) is 0.204. The van der Waals surface area contributed by atoms with Crippen LogP contribution < -0.4 is 29.0 Å². The topological polar surface area (TPSA) is 75.2 Å². The lowest BCUT2D eigenvalue weighted by atomic mass is 10.1. The van der Waals surface area contributed by atoms with Crippen molar-refractivity contribution in [3.8, 4) is 28.7 Å². The smallest absolute Gasteiger partial charge is 0.203 e. The number of carbonyl (C=O) groups excluding carboxylic acids is 1. The first-order valence-corrected chi connectivity index (χ1v) is 10.9. The van der Waals surface area contributed by atoms with Crippen LogP contribution in [-0.2, 0) is 0 Å². The van der Waals surface area contributed by atoms with E-state index in [4.69, 9.17) is 23.7 Å². The van der Waals surface area contributed by atoms with Gasteiger partial charge in [0.25, 0.3) is 0 Å². The zero-order chi connectivity index (χ0) is 26.1. The molecule has 0 bridgehead atoms. The van der Waals surface area contributed by atoms with E-state index in [1.54, 1.807) is 33.5 Å². The van der Waals surface area contributed by atoms with Gasteiger partial charge in [0.15, 0.2) is 28.8 Å². The van der Waals surface area contributed by atoms with Gasteiger partial charge in [0.05, 0.1) is 41.2 Å². The van der Waals surface area contributed by atoms with Crippen LogP contribution in [0.25, 0.3) is 12.2 Å². The number of hydrogen-bond acceptors (Lipinski definition) is 7. The summed E-state index contributed by atoms with van der Waals surface area (Å²) < 4.78 is 40.7. The van der Waals surface area contributed by atoms with Crippen molar-refractivity contribution < 1.29 is 32.9 Å². The Balaban J connectivity index is 1.96. The number of benzene rings is 3. The zero-order valence-electron chi connectivity index (χ0n) is 20.8. The standard InChI is InChI=1S/C28H28FNO6/c1-32-23-12-11-19(10-9-18-15-24(33-2)27(35-4)25(16-18)34-3)26(28(23)36-5)30-14-13-22(31)20-7-6-8-21(29)17-20/h6-17,30H,1-5H3/b10-9-,14-13-. The van der Waals surface area contributed by atoms with Crippen LogP contribution in [0, 0.1) is 5.82 Å². The van der Waals surface area contributed by atoms with Gasteiger partial charge in [0.1, 0.15) is 5.82 Å². The highest BCUT2D eigenvalue weighted by molar-refractivity contribution is 6.04. The second-order valence-corrected chi connectivity index (χ2v) is 7.41. The van der Waals surface area contributed by atoms with Crippen molar-refractivity contribution in [1.29, 1.82) is 0 Å². The fourth-order valence-corrected chi connectivity index (χ4v) is 3.55. The number of ether oxygens (including phenoxy) is 5. The van der Waals surface area contributed by atoms with E-state index in [-0.39, 0.29) is 11.3 Å². The van der Waals surface area contributed by atoms with Crippen LogP contribution in [0.3, 0.4) is 0 Å². The van der Waals surface area contributed by atoms with E-state index in [2.05, 4.69) is 5.32 Å². The molecule has 0 heterocycles. The molecular weight excluding hydrogens is 465 g/mol. The highest BCUT2D eigenvalue weighted by atomic mass is 19.1. The molecule has 0 unspecified atom stereocenters. The maximum atomic E-state index is 13.5. The summed E-state index contributed by atoms with van der Waals surface area (Å²) in [5, 5.41) is 3.10. The Morgan fingerprint density at radius 2 is 1.44 bits per heavy atom. The van der Waals surface area contributed by atoms with E-state index < -0.39 is 5.82 Å². The Hall–Kier alpha value is -4.46. The van der Waals surface area contributed by atoms with E-state index >= 15 is 0 Å². The molecule has 36 heavy (non-hydrogen) atoms. The third kappa shape index (κ3) is 5.96. The summed E-state index contributed by atoms with van der Waals surface area (Å²) in [5.74, 6) is 1.69. The van der Waals surface area contributed by atoms with Gasteiger partial charge in [-0.05, 0) is 42.0 Å². The Kier molecular flexibility index (Phi) is 8.94. The van der Waals surface area contributed by atoms with Gasteiger partial charge < -0.3 is 29.0 Å². The van der Waals surface area contributed by atoms with Crippen molar-refractivity contribution >= 4 is 23.6 Å². The van der Waals surface area contributed by atoms with Gasteiger partial charge in [-0.3, -0.25) is 4.79 Å². The molecule has 7 nitrogen and oxygen atoms in total. The minimum atomic E-state index is -0.476. The number of allylic oxidation sites excluding steroid dienone is 1. The molecule has 188 valence electrons. The van der Waals surface area contributed by atoms with Crippen LogP contribution >= 0.6 is 0 Å². The largest absolute Gasteiger partial charge is 0.493 e. The minimum absolute atomic E-state index is 0.244. The lowest BCUT2D eigenvalue weighted by Crippen LogP contribution is -2.01. The van der Waals surface area contributed by atoms with E-state index in [9.17, 15) is 9.18 Å². The summed E-state index contributed by atoms with van der Waals surface area (Å²) in [7, 11) is 7.72. The van der Waals surface area contributed by atoms with Crippen molar-refractivity contribution in [2.75, 3.05) is 40.9 Å². The summed E-state index contributed by atoms with van der Waals surface area (Å²) >= 11 is 0. The van der Waals surface area contributed by atoms with Crippen LogP contribution in [0.5, 0.6) is 28.7 Å². The lowest BCUT2D eigenvalue weighted by Gasteiger charge is -2.15. The molecule has 8 heteroatoms. The second kappa shape index (κ2) is 12.3. The first kappa shape index (κ1) is 26.2. The monoisotopic (exact) mass is 493 g/mol. The zero-order valence-corrected chi connectivity index (χ0v) is 20.8. The molecule has 1 N–H and O–H groups in total. The predicted octanol–water partition coefficient (Wildman–Crippen LogP) is 5.85. The van der Waals surface area contributed by atoms with E-state index in [1.165, 1.54) is 44.7 Å². The molecule has 3 aromatic rings. The van der Waals surface area contributed by atoms with Crippen LogP contribution in [0.15, 0.2) is 60.8 Å². The highest BCUT2D eigenvalue weighted by Gasteiger charge is 2.15. The van der Waals surface area contributed by atoms with Crippen molar-refractivity contribution in [2.45, 2.75) is 0 Å². The van der Waals surface area contributed by atoms with Crippen LogP contribution in [-0.4, -0.2) is 41.3 Å². The molecule has 0 aliphatic heterocycles. The third-order valence-electron chi connectivity index (χ3n) is 5.29. The molecule has 3 rings (SSSR count). The summed E-state index contributed by atoms with van der Waals surface area (Å²) in [5.41, 5.74) is 2.38. The first-order chi connectivity index (χ1) is 17.4. The normalized spacial score (nSPS) is 10.9. The summed E-state index contributed by atoms with van der Waals surface area (Å²) in [4.78, 5) is 12.4. The van der Waals surface area contributed by atoms with Gasteiger partial charge >= 0.3 is 0 Å². The molecule has 0 atom stereocenters. The van der Waals surface area contributed by atoms with Gasteiger partial charge in [-0.15, -0.1) is 0 Å². The van der Waals surface area contributed by atoms with Gasteiger partial charge in [-0.1, -0.05) is 24.3 Å². The predicted molar refractivity (Wildman–Crippen MR) is 138 cm³/mol. The molecule has 0 spiro atoms. The fraction of sp³-hybridized carbons (Fsp3) is 0.179. The number of ketones is 1. The Bertz CT molecular complexity index is 1260. The number of methoxy groups -OCH3 is 5. The van der Waals surface area contributed by atoms with Crippen LogP contribution in [0.1, 0.15) is 21.5 Å². The van der Waals surface area contributed by atoms with Crippen molar-refractivity contribution in [1.82, 2.24) is 0 Å². The summed E-state index contributed by atoms with van der Waals surface area (Å²) in [6, 6.07) is 12.8. The maximum Gasteiger partial charge on any atom is 0.203 e. The van der Waals surface area contributed by atoms with Crippen LogP contribution in [0.4, 0.5) is 10.1 Å². The number of rotatable bonds is 11. The maximum absolute atomic E-state index is 13.5. The first-order valence-electron chi connectivity index (χ1n) is 10.9. The Morgan fingerprint density at radius 1 is 0.778 bits per heavy atom. The van der Waals surface area contributed by atoms with E-state index in [1.807, 2.05) is 30.4 Å². The van der Waals surface area contributed by atoms with E-state index in [0.717, 1.165) is 11.1 Å². The van der Waals surface area contributed by atoms with Gasteiger partial charge in [-0.25, -0.2) is 4.39 Å². The second-order valence-electron chi connectivity index (χ2n) is 7.41. The van der Waals surface area contributed by atoms with Crippen molar-refractivity contribution in [2.24, 2.45) is 0 Å². The Morgan fingerprint density at radius 3 is 2.03 bits per heavy atom. The van der Waals surface area contributed by atoms with Gasteiger partial charge in [0.2, 0.25) is 5.75 Å². The SMILES string of the molecule is COc1cc(/C=C\c2ccc(OC)c(OC)c2N/C=C\C(=O)c2cccc(F)c2)cc(OC)c1OC. The number of anilines is 1. The highest BCUT2D eigenvalue weighted by Crippen LogP contribution is 2.40. The molecule has 3 aromatic carbocycles. The number of nitrogens with one attached hydrogen (secondary N) is 1. The number of halogens is 1. The Labute approximate surface area is 209 Å². The molecule has 0 saturated carbocycles. The molecule has 0 amide bonds. The summed E-state index contributed by atoms with van der Waals surface area (Å²) in [6.07, 6.45) is 6.54. The molecule has 0 aromatic heterocycles. The third-order valence-corrected chi connectivity index (χ3v) is 5.29. The van der Waals surface area contributed by atoms with E-state index in [0.29, 0.717) is 34.4 Å². The molecule has 0 aliphatic rings. The fourth-order valence-electron chi connectivity index (χ4n) is 3.55. The van der Waals surface area contributed by atoms with Gasteiger partial charge in [0, 0.05) is 23.4 Å². The average Bonchev–Trinajstić information content (AvgIpc) is 2.90. The molecule has 0 aliphatic carbocycles.